The van der Waals surface area contributed by atoms with Crippen LogP contribution >= 0.6 is 0 Å². The summed E-state index contributed by atoms with van der Waals surface area (Å²) in [6, 6.07) is 1.23. The fourth-order valence-corrected chi connectivity index (χ4v) is 1.04. The number of aliphatic carboxylic acids is 1. The van der Waals surface area contributed by atoms with E-state index in [1.807, 2.05) is 0 Å². The summed E-state index contributed by atoms with van der Waals surface area (Å²) in [5, 5.41) is 27.5. The monoisotopic (exact) mass is 233 g/mol. The predicted octanol–water partition coefficient (Wildman–Crippen LogP) is 0.991. The van der Waals surface area contributed by atoms with Crippen molar-refractivity contribution in [3.8, 4) is 0 Å². The third-order valence-corrected chi connectivity index (χ3v) is 1.82. The van der Waals surface area contributed by atoms with Crippen LogP contribution in [-0.2, 0) is 4.79 Å². The van der Waals surface area contributed by atoms with Gasteiger partial charge >= 0.3 is 11.7 Å². The molecule has 1 atom stereocenters. The number of halogens is 2. The Morgan fingerprint density at radius 1 is 1.38 bits per heavy atom. The van der Waals surface area contributed by atoms with Crippen molar-refractivity contribution >= 4 is 11.7 Å². The highest BCUT2D eigenvalue weighted by atomic mass is 19.2. The van der Waals surface area contributed by atoms with E-state index in [2.05, 4.69) is 0 Å². The molecule has 86 valence electrons. The van der Waals surface area contributed by atoms with Gasteiger partial charge < -0.3 is 10.2 Å². The summed E-state index contributed by atoms with van der Waals surface area (Å²) in [7, 11) is 0. The van der Waals surface area contributed by atoms with E-state index in [4.69, 9.17) is 10.2 Å². The van der Waals surface area contributed by atoms with E-state index in [0.717, 1.165) is 0 Å². The van der Waals surface area contributed by atoms with Crippen LogP contribution in [0.1, 0.15) is 11.7 Å². The molecular formula is C8H5F2NO5. The van der Waals surface area contributed by atoms with Crippen LogP contribution < -0.4 is 0 Å². The first kappa shape index (κ1) is 12.0. The van der Waals surface area contributed by atoms with Gasteiger partial charge in [-0.25, -0.2) is 9.18 Å². The Bertz CT molecular complexity index is 462. The third kappa shape index (κ3) is 1.96. The molecule has 0 aliphatic heterocycles. The molecule has 0 aromatic heterocycles. The van der Waals surface area contributed by atoms with Crippen LogP contribution in [0.25, 0.3) is 0 Å². The molecule has 16 heavy (non-hydrogen) atoms. The highest BCUT2D eigenvalue weighted by molar-refractivity contribution is 5.74. The van der Waals surface area contributed by atoms with Gasteiger partial charge in [0.05, 0.1) is 4.92 Å². The Morgan fingerprint density at radius 2 is 1.94 bits per heavy atom. The minimum atomic E-state index is -2.27. The summed E-state index contributed by atoms with van der Waals surface area (Å²) in [5.41, 5.74) is -1.99. The van der Waals surface area contributed by atoms with Gasteiger partial charge in [0.25, 0.3) is 0 Å². The molecule has 2 N–H and O–H groups in total. The predicted molar refractivity (Wildman–Crippen MR) is 45.6 cm³/mol. The standard InChI is InChI=1S/C8H5F2NO5/c9-5-3(7(12)8(13)14)1-2-4(6(5)10)11(15)16/h1-2,7,12H,(H,13,14). The fourth-order valence-electron chi connectivity index (χ4n) is 1.04. The number of benzene rings is 1. The normalized spacial score (nSPS) is 12.2. The number of hydrogen-bond acceptors (Lipinski definition) is 4. The molecule has 0 fully saturated rings. The van der Waals surface area contributed by atoms with Crippen LogP contribution in [0.15, 0.2) is 12.1 Å². The summed E-state index contributed by atoms with van der Waals surface area (Å²) in [6.07, 6.45) is -2.27. The maximum atomic E-state index is 13.1. The number of carboxylic acids is 1. The number of aliphatic hydroxyl groups excluding tert-OH is 1. The number of nitro groups is 1. The van der Waals surface area contributed by atoms with Crippen molar-refractivity contribution in [3.63, 3.8) is 0 Å². The maximum absolute atomic E-state index is 13.1. The third-order valence-electron chi connectivity index (χ3n) is 1.82. The van der Waals surface area contributed by atoms with Gasteiger partial charge in [-0.3, -0.25) is 10.1 Å². The van der Waals surface area contributed by atoms with E-state index in [9.17, 15) is 23.7 Å². The minimum absolute atomic E-state index is 0.583. The van der Waals surface area contributed by atoms with Crippen molar-refractivity contribution < 1.29 is 28.7 Å². The topological polar surface area (TPSA) is 101 Å². The maximum Gasteiger partial charge on any atom is 0.337 e. The molecule has 1 aromatic carbocycles. The van der Waals surface area contributed by atoms with Gasteiger partial charge in [0.1, 0.15) is 0 Å². The number of aliphatic hydroxyl groups is 1. The zero-order valence-corrected chi connectivity index (χ0v) is 7.55. The minimum Gasteiger partial charge on any atom is -0.479 e. The van der Waals surface area contributed by atoms with Gasteiger partial charge in [0.2, 0.25) is 5.82 Å². The van der Waals surface area contributed by atoms with Crippen molar-refractivity contribution in [2.24, 2.45) is 0 Å². The summed E-state index contributed by atoms with van der Waals surface area (Å²) in [5.74, 6) is -5.33. The first-order chi connectivity index (χ1) is 7.36. The molecule has 0 saturated heterocycles. The highest BCUT2D eigenvalue weighted by Gasteiger charge is 2.27. The first-order valence-electron chi connectivity index (χ1n) is 3.89. The molecule has 0 saturated carbocycles. The summed E-state index contributed by atoms with van der Waals surface area (Å²) >= 11 is 0. The van der Waals surface area contributed by atoms with Crippen LogP contribution in [0, 0.1) is 21.7 Å². The van der Waals surface area contributed by atoms with Crippen LogP contribution in [0.3, 0.4) is 0 Å². The smallest absolute Gasteiger partial charge is 0.337 e. The largest absolute Gasteiger partial charge is 0.479 e. The molecule has 0 heterocycles. The van der Waals surface area contributed by atoms with Gasteiger partial charge in [-0.05, 0) is 6.07 Å². The molecule has 8 heteroatoms. The van der Waals surface area contributed by atoms with Crippen molar-refractivity contribution in [1.29, 1.82) is 0 Å². The Hall–Kier alpha value is -2.09. The summed E-state index contributed by atoms with van der Waals surface area (Å²) in [6.45, 7) is 0. The second-order valence-corrected chi connectivity index (χ2v) is 2.80. The van der Waals surface area contributed by atoms with E-state index in [1.165, 1.54) is 0 Å². The van der Waals surface area contributed by atoms with Crippen molar-refractivity contribution in [2.45, 2.75) is 6.10 Å². The van der Waals surface area contributed by atoms with Gasteiger partial charge in [-0.2, -0.15) is 4.39 Å². The van der Waals surface area contributed by atoms with Crippen molar-refractivity contribution in [3.05, 3.63) is 39.4 Å². The molecule has 6 nitrogen and oxygen atoms in total. The lowest BCUT2D eigenvalue weighted by atomic mass is 10.1. The second kappa shape index (κ2) is 4.19. The van der Waals surface area contributed by atoms with Crippen molar-refractivity contribution in [1.82, 2.24) is 0 Å². The summed E-state index contributed by atoms with van der Waals surface area (Å²) < 4.78 is 26.1. The van der Waals surface area contributed by atoms with Crippen LogP contribution in [0.5, 0.6) is 0 Å². The zero-order chi connectivity index (χ0) is 12.5. The highest BCUT2D eigenvalue weighted by Crippen LogP contribution is 2.26. The zero-order valence-electron chi connectivity index (χ0n) is 7.55. The van der Waals surface area contributed by atoms with Gasteiger partial charge in [-0.1, -0.05) is 0 Å². The number of hydrogen-bond donors (Lipinski definition) is 2. The number of rotatable bonds is 3. The molecular weight excluding hydrogens is 228 g/mol. The molecule has 1 rings (SSSR count). The lowest BCUT2D eigenvalue weighted by molar-refractivity contribution is -0.387. The number of carboxylic acid groups (broad SMARTS) is 1. The molecule has 0 radical (unpaired) electrons. The molecule has 0 bridgehead atoms. The molecule has 1 aromatic rings. The SMILES string of the molecule is O=C(O)C(O)c1ccc([N+](=O)[O-])c(F)c1F. The fraction of sp³-hybridized carbons (Fsp3) is 0.125. The quantitative estimate of drug-likeness (QED) is 0.598. The molecule has 0 aliphatic carbocycles. The Kier molecular flexibility index (Phi) is 3.14. The molecule has 0 amide bonds. The Labute approximate surface area is 86.9 Å². The Balaban J connectivity index is 3.32. The van der Waals surface area contributed by atoms with Crippen molar-refractivity contribution in [2.75, 3.05) is 0 Å². The lowest BCUT2D eigenvalue weighted by Gasteiger charge is -2.07. The van der Waals surface area contributed by atoms with Gasteiger partial charge in [0.15, 0.2) is 11.9 Å². The molecule has 0 aliphatic rings. The lowest BCUT2D eigenvalue weighted by Crippen LogP contribution is -2.13. The van der Waals surface area contributed by atoms with Gasteiger partial charge in [-0.15, -0.1) is 0 Å². The van der Waals surface area contributed by atoms with Crippen LogP contribution in [0.4, 0.5) is 14.5 Å². The number of carbonyl (C=O) groups is 1. The average molecular weight is 233 g/mol. The Morgan fingerprint density at radius 3 is 2.38 bits per heavy atom. The second-order valence-electron chi connectivity index (χ2n) is 2.80. The van der Waals surface area contributed by atoms with Crippen LogP contribution in [-0.4, -0.2) is 21.1 Å². The summed E-state index contributed by atoms with van der Waals surface area (Å²) in [4.78, 5) is 19.4. The van der Waals surface area contributed by atoms with E-state index in [-0.39, 0.29) is 0 Å². The van der Waals surface area contributed by atoms with E-state index in [0.29, 0.717) is 12.1 Å². The van der Waals surface area contributed by atoms with Gasteiger partial charge in [0, 0.05) is 11.6 Å². The first-order valence-corrected chi connectivity index (χ1v) is 3.89. The average Bonchev–Trinajstić information content (AvgIpc) is 2.20. The number of nitrogens with zero attached hydrogens (tertiary/aromatic N) is 1. The van der Waals surface area contributed by atoms with E-state index in [1.54, 1.807) is 0 Å². The van der Waals surface area contributed by atoms with E-state index >= 15 is 0 Å². The number of nitro benzene ring substituents is 1. The van der Waals surface area contributed by atoms with E-state index < -0.39 is 39.9 Å². The van der Waals surface area contributed by atoms with Crippen LogP contribution in [0.2, 0.25) is 0 Å². The molecule has 1 unspecified atom stereocenters. The molecule has 0 spiro atoms.